The van der Waals surface area contributed by atoms with Crippen LogP contribution in [0.2, 0.25) is 0 Å². The first-order valence-corrected chi connectivity index (χ1v) is 14.4. The van der Waals surface area contributed by atoms with Crippen LogP contribution in [0.3, 0.4) is 0 Å². The van der Waals surface area contributed by atoms with Crippen molar-refractivity contribution in [2.75, 3.05) is 52.7 Å². The van der Waals surface area contributed by atoms with E-state index >= 15 is 0 Å². The predicted molar refractivity (Wildman–Crippen MR) is 161 cm³/mol. The number of aryl methyl sites for hydroxylation is 1. The predicted octanol–water partition coefficient (Wildman–Crippen LogP) is 4.30. The maximum atomic E-state index is 12.5. The Morgan fingerprint density at radius 1 is 0.773 bits per heavy atom. The standard InChI is InChI=1S/C32H40N2O10/c1-21(2)29(35)41-16-14-39-12-10-33-31(37)43-26-9-8-23-18-24-6-5-7-28(27(24)20-25(23)19-26)44-32(38)34-11-13-40-15-17-42-30(36)22(3)4/h8-9,18-20,28H,1,3,5-7,10-17H2,2,4H3,(H,33,37)(H,34,38). The third-order valence-corrected chi connectivity index (χ3v) is 6.44. The Bertz CT molecular complexity index is 1360. The quantitative estimate of drug-likeness (QED) is 0.122. The number of alkyl carbamates (subject to hydrolysis) is 1. The van der Waals surface area contributed by atoms with E-state index in [2.05, 4.69) is 29.9 Å². The van der Waals surface area contributed by atoms with E-state index in [0.29, 0.717) is 23.3 Å². The summed E-state index contributed by atoms with van der Waals surface area (Å²) in [5.41, 5.74) is 2.66. The maximum Gasteiger partial charge on any atom is 0.412 e. The van der Waals surface area contributed by atoms with Crippen LogP contribution in [0.5, 0.6) is 5.75 Å². The van der Waals surface area contributed by atoms with Crippen molar-refractivity contribution in [2.45, 2.75) is 39.2 Å². The molecule has 1 aliphatic rings. The highest BCUT2D eigenvalue weighted by atomic mass is 16.6. The molecule has 0 radical (unpaired) electrons. The lowest BCUT2D eigenvalue weighted by atomic mass is 9.87. The molecule has 0 bridgehead atoms. The highest BCUT2D eigenvalue weighted by Gasteiger charge is 2.24. The van der Waals surface area contributed by atoms with Crippen LogP contribution in [0.15, 0.2) is 54.6 Å². The number of hydrogen-bond donors (Lipinski definition) is 2. The summed E-state index contributed by atoms with van der Waals surface area (Å²) in [6.07, 6.45) is 0.846. The summed E-state index contributed by atoms with van der Waals surface area (Å²) in [7, 11) is 0. The lowest BCUT2D eigenvalue weighted by molar-refractivity contribution is -0.141. The van der Waals surface area contributed by atoms with E-state index in [4.69, 9.17) is 28.4 Å². The Kier molecular flexibility index (Phi) is 13.7. The fourth-order valence-corrected chi connectivity index (χ4v) is 4.28. The van der Waals surface area contributed by atoms with Gasteiger partial charge in [0, 0.05) is 24.2 Å². The van der Waals surface area contributed by atoms with Gasteiger partial charge in [0.05, 0.1) is 26.4 Å². The fourth-order valence-electron chi connectivity index (χ4n) is 4.28. The minimum atomic E-state index is -0.630. The van der Waals surface area contributed by atoms with Crippen LogP contribution < -0.4 is 15.4 Å². The van der Waals surface area contributed by atoms with Gasteiger partial charge in [-0.15, -0.1) is 0 Å². The van der Waals surface area contributed by atoms with Crippen molar-refractivity contribution in [1.29, 1.82) is 0 Å². The molecule has 0 fully saturated rings. The minimum Gasteiger partial charge on any atom is -0.460 e. The third-order valence-electron chi connectivity index (χ3n) is 6.44. The van der Waals surface area contributed by atoms with E-state index in [9.17, 15) is 19.2 Å². The van der Waals surface area contributed by atoms with Crippen molar-refractivity contribution < 1.29 is 47.6 Å². The summed E-state index contributed by atoms with van der Waals surface area (Å²) in [6, 6.07) is 9.40. The van der Waals surface area contributed by atoms with Crippen LogP contribution in [0.1, 0.15) is 43.9 Å². The molecule has 2 aromatic carbocycles. The van der Waals surface area contributed by atoms with E-state index in [0.717, 1.165) is 34.7 Å². The zero-order valence-corrected chi connectivity index (χ0v) is 25.2. The number of nitrogens with one attached hydrogen (secondary N) is 2. The number of hydrogen-bond acceptors (Lipinski definition) is 10. The van der Waals surface area contributed by atoms with Crippen molar-refractivity contribution in [1.82, 2.24) is 10.6 Å². The normalized spacial score (nSPS) is 13.7. The molecule has 238 valence electrons. The van der Waals surface area contributed by atoms with Gasteiger partial charge < -0.3 is 39.1 Å². The molecule has 3 rings (SSSR count). The summed E-state index contributed by atoms with van der Waals surface area (Å²) in [6.45, 7) is 11.7. The number of carbonyl (C=O) groups is 4. The Balaban J connectivity index is 1.43. The number of carbonyl (C=O) groups excluding carboxylic acids is 4. The smallest absolute Gasteiger partial charge is 0.412 e. The molecule has 44 heavy (non-hydrogen) atoms. The number of esters is 2. The molecule has 0 saturated carbocycles. The molecule has 12 nitrogen and oxygen atoms in total. The van der Waals surface area contributed by atoms with Gasteiger partial charge in [0.1, 0.15) is 25.1 Å². The van der Waals surface area contributed by atoms with Crippen molar-refractivity contribution in [3.8, 4) is 5.75 Å². The molecule has 0 aliphatic heterocycles. The van der Waals surface area contributed by atoms with Gasteiger partial charge >= 0.3 is 24.1 Å². The molecule has 0 spiro atoms. The van der Waals surface area contributed by atoms with Gasteiger partial charge in [0.2, 0.25) is 0 Å². The van der Waals surface area contributed by atoms with Gasteiger partial charge in [-0.05, 0) is 73.2 Å². The number of benzene rings is 2. The Morgan fingerprint density at radius 3 is 2.00 bits per heavy atom. The number of fused-ring (bicyclic) bond motifs is 2. The lowest BCUT2D eigenvalue weighted by Crippen LogP contribution is -2.30. The van der Waals surface area contributed by atoms with Crippen LogP contribution in [-0.4, -0.2) is 76.9 Å². The highest BCUT2D eigenvalue weighted by molar-refractivity contribution is 5.88. The molecular weight excluding hydrogens is 572 g/mol. The second-order valence-electron chi connectivity index (χ2n) is 10.1. The molecule has 2 N–H and O–H groups in total. The summed E-state index contributed by atoms with van der Waals surface area (Å²) >= 11 is 0. The monoisotopic (exact) mass is 612 g/mol. The molecule has 1 atom stereocenters. The number of ether oxygens (including phenoxy) is 6. The van der Waals surface area contributed by atoms with Gasteiger partial charge in [-0.1, -0.05) is 25.3 Å². The largest absolute Gasteiger partial charge is 0.460 e. The van der Waals surface area contributed by atoms with Crippen molar-refractivity contribution in [3.05, 3.63) is 65.8 Å². The van der Waals surface area contributed by atoms with Crippen LogP contribution in [-0.2, 0) is 39.7 Å². The Labute approximate surface area is 256 Å². The molecule has 0 saturated heterocycles. The first-order chi connectivity index (χ1) is 21.1. The number of rotatable bonds is 16. The van der Waals surface area contributed by atoms with Crippen LogP contribution in [0, 0.1) is 0 Å². The average molecular weight is 613 g/mol. The van der Waals surface area contributed by atoms with E-state index in [1.54, 1.807) is 26.0 Å². The topological polar surface area (TPSA) is 148 Å². The first kappa shape index (κ1) is 34.1. The average Bonchev–Trinajstić information content (AvgIpc) is 2.99. The summed E-state index contributed by atoms with van der Waals surface area (Å²) in [5.74, 6) is -0.584. The van der Waals surface area contributed by atoms with E-state index < -0.39 is 30.2 Å². The Morgan fingerprint density at radius 2 is 1.39 bits per heavy atom. The zero-order chi connectivity index (χ0) is 31.9. The van der Waals surface area contributed by atoms with Crippen LogP contribution >= 0.6 is 0 Å². The van der Waals surface area contributed by atoms with Crippen molar-refractivity contribution >= 4 is 34.9 Å². The van der Waals surface area contributed by atoms with Gasteiger partial charge in [-0.3, -0.25) is 0 Å². The summed E-state index contributed by atoms with van der Waals surface area (Å²) in [5, 5.41) is 7.12. The van der Waals surface area contributed by atoms with Gasteiger partial charge in [-0.25, -0.2) is 19.2 Å². The van der Waals surface area contributed by atoms with E-state index in [1.165, 1.54) is 0 Å². The second kappa shape index (κ2) is 17.6. The van der Waals surface area contributed by atoms with Crippen molar-refractivity contribution in [3.63, 3.8) is 0 Å². The third kappa shape index (κ3) is 11.3. The van der Waals surface area contributed by atoms with Crippen LogP contribution in [0.4, 0.5) is 9.59 Å². The second-order valence-corrected chi connectivity index (χ2v) is 10.1. The molecule has 0 heterocycles. The fraction of sp³-hybridized carbons (Fsp3) is 0.438. The summed E-state index contributed by atoms with van der Waals surface area (Å²) in [4.78, 5) is 47.4. The zero-order valence-electron chi connectivity index (χ0n) is 25.2. The lowest BCUT2D eigenvalue weighted by Gasteiger charge is -2.26. The summed E-state index contributed by atoms with van der Waals surface area (Å²) < 4.78 is 31.7. The van der Waals surface area contributed by atoms with Crippen molar-refractivity contribution in [2.24, 2.45) is 0 Å². The SMILES string of the molecule is C=C(C)C(=O)OCCOCCNC(=O)Oc1ccc2cc3c(cc2c1)C(OC(=O)NCCOCCOC(=O)C(=C)C)CCC3. The van der Waals surface area contributed by atoms with Crippen LogP contribution in [0.25, 0.3) is 10.8 Å². The molecule has 12 heteroatoms. The van der Waals surface area contributed by atoms with E-state index in [1.807, 2.05) is 12.1 Å². The first-order valence-electron chi connectivity index (χ1n) is 14.4. The molecular formula is C32H40N2O10. The molecule has 2 amide bonds. The van der Waals surface area contributed by atoms with Gasteiger partial charge in [0.25, 0.3) is 0 Å². The molecule has 1 unspecified atom stereocenters. The van der Waals surface area contributed by atoms with E-state index in [-0.39, 0.29) is 52.7 Å². The number of amides is 2. The maximum absolute atomic E-state index is 12.5. The minimum absolute atomic E-state index is 0.0975. The molecule has 2 aromatic rings. The Hall–Kier alpha value is -4.42. The molecule has 0 aromatic heterocycles. The van der Waals surface area contributed by atoms with Gasteiger partial charge in [0.15, 0.2) is 0 Å². The van der Waals surface area contributed by atoms with Gasteiger partial charge in [-0.2, -0.15) is 0 Å². The highest BCUT2D eigenvalue weighted by Crippen LogP contribution is 2.36. The molecule has 1 aliphatic carbocycles.